The van der Waals surface area contributed by atoms with Gasteiger partial charge in [0, 0.05) is 28.7 Å². The lowest BCUT2D eigenvalue weighted by Crippen LogP contribution is -2.12. The molecule has 1 amide bonds. The molecule has 0 atom stereocenters. The summed E-state index contributed by atoms with van der Waals surface area (Å²) in [5.74, 6) is 0.307. The van der Waals surface area contributed by atoms with Gasteiger partial charge in [-0.25, -0.2) is 9.97 Å². The second kappa shape index (κ2) is 6.37. The molecule has 0 aliphatic heterocycles. The first kappa shape index (κ1) is 14.2. The van der Waals surface area contributed by atoms with Crippen LogP contribution in [0, 0.1) is 0 Å². The first-order valence-electron chi connectivity index (χ1n) is 6.67. The molecule has 0 fully saturated rings. The largest absolute Gasteiger partial charge is 0.322 e. The van der Waals surface area contributed by atoms with E-state index in [9.17, 15) is 4.79 Å². The number of carbonyl (C=O) groups is 1. The smallest absolute Gasteiger partial charge is 0.258 e. The Morgan fingerprint density at radius 1 is 0.955 bits per heavy atom. The van der Waals surface area contributed by atoms with Crippen LogP contribution >= 0.6 is 11.6 Å². The van der Waals surface area contributed by atoms with Crippen molar-refractivity contribution in [3.8, 4) is 11.4 Å². The Morgan fingerprint density at radius 2 is 1.68 bits per heavy atom. The Hall–Kier alpha value is -2.72. The number of benzene rings is 2. The van der Waals surface area contributed by atoms with Crippen LogP contribution in [0.2, 0.25) is 5.02 Å². The van der Waals surface area contributed by atoms with E-state index in [0.29, 0.717) is 22.1 Å². The van der Waals surface area contributed by atoms with E-state index < -0.39 is 0 Å². The Kier molecular flexibility index (Phi) is 4.12. The zero-order chi connectivity index (χ0) is 15.4. The lowest BCUT2D eigenvalue weighted by molar-refractivity contribution is 0.102. The van der Waals surface area contributed by atoms with E-state index in [1.165, 1.54) is 12.4 Å². The molecule has 0 unspecified atom stereocenters. The van der Waals surface area contributed by atoms with Crippen molar-refractivity contribution in [1.29, 1.82) is 0 Å². The van der Waals surface area contributed by atoms with Crippen LogP contribution in [0.5, 0.6) is 0 Å². The standard InChI is InChI=1S/C17H12ClN3O/c18-14-7-4-8-15(9-14)21-17(22)13-10-19-16(20-11-13)12-5-2-1-3-6-12/h1-11H,(H,21,22). The van der Waals surface area contributed by atoms with Crippen molar-refractivity contribution in [1.82, 2.24) is 9.97 Å². The van der Waals surface area contributed by atoms with Crippen LogP contribution in [0.25, 0.3) is 11.4 Å². The minimum atomic E-state index is -0.276. The molecule has 22 heavy (non-hydrogen) atoms. The van der Waals surface area contributed by atoms with E-state index in [1.807, 2.05) is 30.3 Å². The van der Waals surface area contributed by atoms with E-state index in [2.05, 4.69) is 15.3 Å². The molecule has 108 valence electrons. The number of rotatable bonds is 3. The number of nitrogens with zero attached hydrogens (tertiary/aromatic N) is 2. The lowest BCUT2D eigenvalue weighted by Gasteiger charge is -2.06. The molecule has 0 saturated carbocycles. The molecule has 0 bridgehead atoms. The molecule has 0 spiro atoms. The minimum Gasteiger partial charge on any atom is -0.322 e. The SMILES string of the molecule is O=C(Nc1cccc(Cl)c1)c1cnc(-c2ccccc2)nc1. The third-order valence-corrected chi connectivity index (χ3v) is 3.26. The highest BCUT2D eigenvalue weighted by Crippen LogP contribution is 2.16. The maximum Gasteiger partial charge on any atom is 0.258 e. The second-order valence-electron chi connectivity index (χ2n) is 4.63. The molecular weight excluding hydrogens is 298 g/mol. The summed E-state index contributed by atoms with van der Waals surface area (Å²) in [5, 5.41) is 3.32. The van der Waals surface area contributed by atoms with E-state index in [1.54, 1.807) is 24.3 Å². The third kappa shape index (κ3) is 3.30. The van der Waals surface area contributed by atoms with Crippen LogP contribution < -0.4 is 5.32 Å². The summed E-state index contributed by atoms with van der Waals surface area (Å²) >= 11 is 5.89. The van der Waals surface area contributed by atoms with Crippen molar-refractivity contribution >= 4 is 23.2 Å². The van der Waals surface area contributed by atoms with Crippen molar-refractivity contribution in [2.45, 2.75) is 0 Å². The van der Waals surface area contributed by atoms with Gasteiger partial charge in [0.15, 0.2) is 5.82 Å². The number of amides is 1. The van der Waals surface area contributed by atoms with Gasteiger partial charge in [-0.15, -0.1) is 0 Å². The van der Waals surface area contributed by atoms with Crippen molar-refractivity contribution < 1.29 is 4.79 Å². The molecule has 0 saturated heterocycles. The quantitative estimate of drug-likeness (QED) is 0.794. The number of aromatic nitrogens is 2. The van der Waals surface area contributed by atoms with E-state index >= 15 is 0 Å². The van der Waals surface area contributed by atoms with Gasteiger partial charge in [0.2, 0.25) is 0 Å². The van der Waals surface area contributed by atoms with Crippen molar-refractivity contribution in [3.63, 3.8) is 0 Å². The van der Waals surface area contributed by atoms with Crippen LogP contribution in [0.1, 0.15) is 10.4 Å². The predicted octanol–water partition coefficient (Wildman–Crippen LogP) is 4.05. The number of hydrogen-bond donors (Lipinski definition) is 1. The van der Waals surface area contributed by atoms with Gasteiger partial charge in [0.05, 0.1) is 5.56 Å². The first-order valence-corrected chi connectivity index (χ1v) is 7.04. The highest BCUT2D eigenvalue weighted by molar-refractivity contribution is 6.30. The zero-order valence-electron chi connectivity index (χ0n) is 11.5. The van der Waals surface area contributed by atoms with Gasteiger partial charge >= 0.3 is 0 Å². The fourth-order valence-corrected chi connectivity index (χ4v) is 2.14. The third-order valence-electron chi connectivity index (χ3n) is 3.03. The molecule has 3 rings (SSSR count). The summed E-state index contributed by atoms with van der Waals surface area (Å²) in [4.78, 5) is 20.6. The van der Waals surface area contributed by atoms with E-state index in [4.69, 9.17) is 11.6 Å². The molecule has 5 heteroatoms. The number of halogens is 1. The highest BCUT2D eigenvalue weighted by Gasteiger charge is 2.08. The van der Waals surface area contributed by atoms with Crippen LogP contribution in [0.4, 0.5) is 5.69 Å². The number of hydrogen-bond acceptors (Lipinski definition) is 3. The molecule has 4 nitrogen and oxygen atoms in total. The summed E-state index contributed by atoms with van der Waals surface area (Å²) in [7, 11) is 0. The maximum absolute atomic E-state index is 12.1. The molecule has 0 aliphatic carbocycles. The maximum atomic E-state index is 12.1. The first-order chi connectivity index (χ1) is 10.7. The van der Waals surface area contributed by atoms with Crippen molar-refractivity contribution in [2.75, 3.05) is 5.32 Å². The molecule has 2 aromatic carbocycles. The Balaban J connectivity index is 1.76. The van der Waals surface area contributed by atoms with E-state index in [-0.39, 0.29) is 5.91 Å². The topological polar surface area (TPSA) is 54.9 Å². The average Bonchev–Trinajstić information content (AvgIpc) is 2.56. The number of carbonyl (C=O) groups excluding carboxylic acids is 1. The predicted molar refractivity (Wildman–Crippen MR) is 86.9 cm³/mol. The van der Waals surface area contributed by atoms with Gasteiger partial charge in [-0.2, -0.15) is 0 Å². The monoisotopic (exact) mass is 309 g/mol. The Labute approximate surface area is 132 Å². The highest BCUT2D eigenvalue weighted by atomic mass is 35.5. The summed E-state index contributed by atoms with van der Waals surface area (Å²) in [5.41, 5.74) is 1.92. The zero-order valence-corrected chi connectivity index (χ0v) is 12.3. The molecule has 1 aromatic heterocycles. The van der Waals surface area contributed by atoms with Gasteiger partial charge in [-0.1, -0.05) is 48.0 Å². The van der Waals surface area contributed by atoms with Crippen LogP contribution in [0.15, 0.2) is 67.0 Å². The fraction of sp³-hybridized carbons (Fsp3) is 0. The summed E-state index contributed by atoms with van der Waals surface area (Å²) in [6, 6.07) is 16.6. The lowest BCUT2D eigenvalue weighted by atomic mass is 10.2. The summed E-state index contributed by atoms with van der Waals surface area (Å²) in [6.07, 6.45) is 3.02. The fourth-order valence-electron chi connectivity index (χ4n) is 1.95. The van der Waals surface area contributed by atoms with Crippen LogP contribution in [0.3, 0.4) is 0 Å². The normalized spacial score (nSPS) is 10.2. The molecular formula is C17H12ClN3O. The molecule has 0 radical (unpaired) electrons. The van der Waals surface area contributed by atoms with Crippen molar-refractivity contribution in [3.05, 3.63) is 77.6 Å². The van der Waals surface area contributed by atoms with Gasteiger partial charge in [0.1, 0.15) is 0 Å². The van der Waals surface area contributed by atoms with Gasteiger partial charge in [-0.3, -0.25) is 4.79 Å². The van der Waals surface area contributed by atoms with E-state index in [0.717, 1.165) is 5.56 Å². The average molecular weight is 310 g/mol. The van der Waals surface area contributed by atoms with Gasteiger partial charge in [-0.05, 0) is 18.2 Å². The van der Waals surface area contributed by atoms with Crippen molar-refractivity contribution in [2.24, 2.45) is 0 Å². The van der Waals surface area contributed by atoms with Crippen LogP contribution in [-0.4, -0.2) is 15.9 Å². The molecule has 1 heterocycles. The second-order valence-corrected chi connectivity index (χ2v) is 5.06. The summed E-state index contributed by atoms with van der Waals surface area (Å²) in [6.45, 7) is 0. The number of anilines is 1. The molecule has 3 aromatic rings. The number of nitrogens with one attached hydrogen (secondary N) is 1. The molecule has 1 N–H and O–H groups in total. The Bertz CT molecular complexity index is 789. The summed E-state index contributed by atoms with van der Waals surface area (Å²) < 4.78 is 0. The molecule has 0 aliphatic rings. The minimum absolute atomic E-state index is 0.276. The van der Waals surface area contributed by atoms with Gasteiger partial charge < -0.3 is 5.32 Å². The Morgan fingerprint density at radius 3 is 2.36 bits per heavy atom. The van der Waals surface area contributed by atoms with Crippen LogP contribution in [-0.2, 0) is 0 Å². The van der Waals surface area contributed by atoms with Gasteiger partial charge in [0.25, 0.3) is 5.91 Å².